The summed E-state index contributed by atoms with van der Waals surface area (Å²) >= 11 is 0. The highest BCUT2D eigenvalue weighted by molar-refractivity contribution is 5.30. The van der Waals surface area contributed by atoms with Gasteiger partial charge in [-0.2, -0.15) is 0 Å². The van der Waals surface area contributed by atoms with Gasteiger partial charge in [0.2, 0.25) is 0 Å². The minimum Gasteiger partial charge on any atom is -0.393 e. The molecule has 1 nitrogen and oxygen atoms in total. The Balaban J connectivity index is 2.67. The molecule has 1 aromatic carbocycles. The van der Waals surface area contributed by atoms with E-state index in [-0.39, 0.29) is 6.10 Å². The van der Waals surface area contributed by atoms with E-state index in [1.54, 1.807) is 0 Å². The van der Waals surface area contributed by atoms with Gasteiger partial charge in [-0.1, -0.05) is 37.6 Å². The van der Waals surface area contributed by atoms with Crippen LogP contribution < -0.4 is 0 Å². The van der Waals surface area contributed by atoms with Gasteiger partial charge in [0, 0.05) is 0 Å². The van der Waals surface area contributed by atoms with Crippen molar-refractivity contribution < 1.29 is 5.11 Å². The maximum absolute atomic E-state index is 9.89. The van der Waals surface area contributed by atoms with E-state index in [4.69, 9.17) is 0 Å². The first-order chi connectivity index (χ1) is 6.99. The van der Waals surface area contributed by atoms with E-state index in [0.29, 0.717) is 5.92 Å². The van der Waals surface area contributed by atoms with Gasteiger partial charge in [-0.15, -0.1) is 0 Å². The summed E-state index contributed by atoms with van der Waals surface area (Å²) in [4.78, 5) is 0. The number of aliphatic hydroxyl groups excluding tert-OH is 1. The Morgan fingerprint density at radius 3 is 2.47 bits per heavy atom. The lowest BCUT2D eigenvalue weighted by Crippen LogP contribution is -2.14. The fourth-order valence-corrected chi connectivity index (χ4v) is 1.90. The minimum absolute atomic E-state index is 0.203. The van der Waals surface area contributed by atoms with E-state index in [2.05, 4.69) is 45.9 Å². The second-order valence-corrected chi connectivity index (χ2v) is 4.92. The van der Waals surface area contributed by atoms with Crippen LogP contribution >= 0.6 is 0 Å². The van der Waals surface area contributed by atoms with Crippen LogP contribution in [0, 0.1) is 19.8 Å². The number of aryl methyl sites for hydroxylation is 2. The van der Waals surface area contributed by atoms with Crippen LogP contribution in [0.1, 0.15) is 37.0 Å². The monoisotopic (exact) mass is 206 g/mol. The molecule has 0 aromatic heterocycles. The maximum atomic E-state index is 9.89. The Kier molecular flexibility index (Phi) is 4.34. The van der Waals surface area contributed by atoms with E-state index < -0.39 is 0 Å². The Hall–Kier alpha value is -0.820. The number of hydrogen-bond acceptors (Lipinski definition) is 1. The van der Waals surface area contributed by atoms with E-state index in [1.165, 1.54) is 16.7 Å². The highest BCUT2D eigenvalue weighted by Gasteiger charge is 2.09. The van der Waals surface area contributed by atoms with Crippen LogP contribution in [0.25, 0.3) is 0 Å². The van der Waals surface area contributed by atoms with Crippen LogP contribution in [-0.4, -0.2) is 11.2 Å². The fourth-order valence-electron chi connectivity index (χ4n) is 1.90. The van der Waals surface area contributed by atoms with Gasteiger partial charge in [0.25, 0.3) is 0 Å². The van der Waals surface area contributed by atoms with E-state index in [0.717, 1.165) is 12.8 Å². The molecule has 1 unspecified atom stereocenters. The molecule has 1 aromatic rings. The molecule has 0 spiro atoms. The zero-order chi connectivity index (χ0) is 11.4. The lowest BCUT2D eigenvalue weighted by molar-refractivity contribution is 0.149. The van der Waals surface area contributed by atoms with Crippen LogP contribution in [0.5, 0.6) is 0 Å². The first-order valence-corrected chi connectivity index (χ1v) is 5.73. The zero-order valence-electron chi connectivity index (χ0n) is 10.2. The molecule has 0 aliphatic rings. The molecule has 0 fully saturated rings. The van der Waals surface area contributed by atoms with Crippen LogP contribution in [-0.2, 0) is 6.42 Å². The van der Waals surface area contributed by atoms with Crippen molar-refractivity contribution in [2.75, 3.05) is 0 Å². The summed E-state index contributed by atoms with van der Waals surface area (Å²) in [6.45, 7) is 8.49. The van der Waals surface area contributed by atoms with Crippen molar-refractivity contribution in [2.45, 2.75) is 46.6 Å². The third kappa shape index (κ3) is 4.05. The van der Waals surface area contributed by atoms with Gasteiger partial charge in [0.05, 0.1) is 6.10 Å². The van der Waals surface area contributed by atoms with Crippen LogP contribution in [0.2, 0.25) is 0 Å². The number of benzene rings is 1. The van der Waals surface area contributed by atoms with Gasteiger partial charge in [-0.05, 0) is 43.7 Å². The van der Waals surface area contributed by atoms with Crippen LogP contribution in [0.4, 0.5) is 0 Å². The van der Waals surface area contributed by atoms with Crippen LogP contribution in [0.3, 0.4) is 0 Å². The lowest BCUT2D eigenvalue weighted by atomic mass is 9.96. The number of aliphatic hydroxyl groups is 1. The second kappa shape index (κ2) is 5.32. The van der Waals surface area contributed by atoms with Gasteiger partial charge in [-0.25, -0.2) is 0 Å². The van der Waals surface area contributed by atoms with Crippen molar-refractivity contribution in [3.05, 3.63) is 34.9 Å². The Morgan fingerprint density at radius 2 is 1.87 bits per heavy atom. The van der Waals surface area contributed by atoms with Crippen molar-refractivity contribution in [3.63, 3.8) is 0 Å². The van der Waals surface area contributed by atoms with E-state index in [1.807, 2.05) is 0 Å². The van der Waals surface area contributed by atoms with E-state index in [9.17, 15) is 5.11 Å². The molecule has 1 atom stereocenters. The molecule has 0 aliphatic carbocycles. The molecule has 15 heavy (non-hydrogen) atoms. The van der Waals surface area contributed by atoms with Gasteiger partial charge < -0.3 is 5.11 Å². The smallest absolute Gasteiger partial charge is 0.0583 e. The Labute approximate surface area is 93.1 Å². The second-order valence-electron chi connectivity index (χ2n) is 4.92. The third-order valence-corrected chi connectivity index (χ3v) is 2.70. The molecule has 1 rings (SSSR count). The third-order valence-electron chi connectivity index (χ3n) is 2.70. The first kappa shape index (κ1) is 12.3. The molecule has 1 N–H and O–H groups in total. The lowest BCUT2D eigenvalue weighted by Gasteiger charge is -2.15. The van der Waals surface area contributed by atoms with Gasteiger partial charge >= 0.3 is 0 Å². The molecule has 0 heterocycles. The minimum atomic E-state index is -0.203. The van der Waals surface area contributed by atoms with E-state index >= 15 is 0 Å². The summed E-state index contributed by atoms with van der Waals surface area (Å²) in [5, 5.41) is 9.89. The summed E-state index contributed by atoms with van der Waals surface area (Å²) in [5.41, 5.74) is 3.83. The molecular formula is C14H22O. The molecule has 1 heteroatoms. The topological polar surface area (TPSA) is 20.2 Å². The molecule has 84 valence electrons. The van der Waals surface area contributed by atoms with Crippen molar-refractivity contribution >= 4 is 0 Å². The largest absolute Gasteiger partial charge is 0.393 e. The predicted octanol–water partition coefficient (Wildman–Crippen LogP) is 3.25. The average Bonchev–Trinajstić information content (AvgIpc) is 2.10. The summed E-state index contributed by atoms with van der Waals surface area (Å²) in [6.07, 6.45) is 1.46. The Morgan fingerprint density at radius 1 is 1.20 bits per heavy atom. The normalized spacial score (nSPS) is 13.2. The van der Waals surface area contributed by atoms with Gasteiger partial charge in [-0.3, -0.25) is 0 Å². The first-order valence-electron chi connectivity index (χ1n) is 5.73. The fraction of sp³-hybridized carbons (Fsp3) is 0.571. The number of hydrogen-bond donors (Lipinski definition) is 1. The standard InChI is InChI=1S/C14H22O/c1-10(2)7-14(15)9-13-8-11(3)5-6-12(13)4/h5-6,8,10,14-15H,7,9H2,1-4H3. The summed E-state index contributed by atoms with van der Waals surface area (Å²) in [7, 11) is 0. The molecular weight excluding hydrogens is 184 g/mol. The molecule has 0 saturated carbocycles. The van der Waals surface area contributed by atoms with Gasteiger partial charge in [0.15, 0.2) is 0 Å². The van der Waals surface area contributed by atoms with Crippen LogP contribution in [0.15, 0.2) is 18.2 Å². The average molecular weight is 206 g/mol. The van der Waals surface area contributed by atoms with Crippen molar-refractivity contribution in [2.24, 2.45) is 5.92 Å². The van der Waals surface area contributed by atoms with Crippen molar-refractivity contribution in [1.82, 2.24) is 0 Å². The molecule has 0 radical (unpaired) electrons. The summed E-state index contributed by atoms with van der Waals surface area (Å²) in [6, 6.07) is 6.43. The molecule has 0 aliphatic heterocycles. The van der Waals surface area contributed by atoms with Crippen molar-refractivity contribution in [3.8, 4) is 0 Å². The maximum Gasteiger partial charge on any atom is 0.0583 e. The Bertz CT molecular complexity index is 315. The molecule has 0 saturated heterocycles. The highest BCUT2D eigenvalue weighted by atomic mass is 16.3. The zero-order valence-corrected chi connectivity index (χ0v) is 10.2. The highest BCUT2D eigenvalue weighted by Crippen LogP contribution is 2.15. The number of rotatable bonds is 4. The quantitative estimate of drug-likeness (QED) is 0.801. The molecule has 0 amide bonds. The van der Waals surface area contributed by atoms with Gasteiger partial charge in [0.1, 0.15) is 0 Å². The summed E-state index contributed by atoms with van der Waals surface area (Å²) < 4.78 is 0. The van der Waals surface area contributed by atoms with Crippen molar-refractivity contribution in [1.29, 1.82) is 0 Å². The molecule has 0 bridgehead atoms. The summed E-state index contributed by atoms with van der Waals surface area (Å²) in [5.74, 6) is 0.560. The predicted molar refractivity (Wildman–Crippen MR) is 65.1 cm³/mol. The SMILES string of the molecule is Cc1ccc(C)c(CC(O)CC(C)C)c1.